The fourth-order valence-electron chi connectivity index (χ4n) is 2.35. The Hall–Kier alpha value is -2.58. The van der Waals surface area contributed by atoms with Crippen molar-refractivity contribution >= 4 is 45.0 Å². The van der Waals surface area contributed by atoms with Crippen LogP contribution in [0.1, 0.15) is 28.9 Å². The van der Waals surface area contributed by atoms with Crippen LogP contribution in [0.3, 0.4) is 0 Å². The number of H-pyrrole nitrogens is 1. The Morgan fingerprint density at radius 2 is 2.22 bits per heavy atom. The molecular formula is C19H20N4O2S2. The summed E-state index contributed by atoms with van der Waals surface area (Å²) in [5.41, 5.74) is 1.66. The molecule has 0 fully saturated rings. The fourth-order valence-corrected chi connectivity index (χ4v) is 3.26. The van der Waals surface area contributed by atoms with Crippen molar-refractivity contribution in [3.05, 3.63) is 65.5 Å². The number of oxazole rings is 1. The first-order chi connectivity index (χ1) is 13.2. The number of carbonyl (C=O) groups excluding carboxylic acids is 1. The largest absolute Gasteiger partial charge is 0.445 e. The highest BCUT2D eigenvalue weighted by Crippen LogP contribution is 2.17. The van der Waals surface area contributed by atoms with Crippen molar-refractivity contribution in [2.75, 3.05) is 11.6 Å². The van der Waals surface area contributed by atoms with Crippen LogP contribution in [0.2, 0.25) is 0 Å². The average molecular weight is 401 g/mol. The first-order valence-electron chi connectivity index (χ1n) is 8.40. The van der Waals surface area contributed by atoms with Gasteiger partial charge in [-0.05, 0) is 30.5 Å². The summed E-state index contributed by atoms with van der Waals surface area (Å²) in [6, 6.07) is 7.48. The summed E-state index contributed by atoms with van der Waals surface area (Å²) < 4.78 is 5.34. The number of amides is 1. The third-order valence-corrected chi connectivity index (χ3v) is 4.91. The number of hydrogen-bond acceptors (Lipinski definition) is 6. The molecular weight excluding hydrogens is 380 g/mol. The second-order valence-corrected chi connectivity index (χ2v) is 7.34. The van der Waals surface area contributed by atoms with Crippen molar-refractivity contribution < 1.29 is 9.21 Å². The predicted molar refractivity (Wildman–Crippen MR) is 111 cm³/mol. The van der Waals surface area contributed by atoms with E-state index >= 15 is 0 Å². The lowest BCUT2D eigenvalue weighted by molar-refractivity contribution is 0.102. The molecule has 0 saturated heterocycles. The minimum absolute atomic E-state index is 0.136. The fraction of sp³-hybridized carbons (Fsp3) is 0.211. The number of fused-ring (bicyclic) bond motifs is 1. The second kappa shape index (κ2) is 9.38. The lowest BCUT2D eigenvalue weighted by Crippen LogP contribution is -2.11. The highest BCUT2D eigenvalue weighted by atomic mass is 32.2. The van der Waals surface area contributed by atoms with Crippen LogP contribution in [-0.4, -0.2) is 27.1 Å². The molecule has 0 spiro atoms. The summed E-state index contributed by atoms with van der Waals surface area (Å²) in [6.07, 6.45) is 8.28. The first kappa shape index (κ1) is 19.2. The maximum atomic E-state index is 11.9. The Bertz CT molecular complexity index is 992. The van der Waals surface area contributed by atoms with Gasteiger partial charge in [0.1, 0.15) is 5.76 Å². The number of aromatic amines is 1. The normalized spacial score (nSPS) is 10.4. The zero-order valence-corrected chi connectivity index (χ0v) is 16.7. The van der Waals surface area contributed by atoms with Crippen molar-refractivity contribution in [3.8, 4) is 0 Å². The number of thioether (sulfide) groups is 1. The van der Waals surface area contributed by atoms with Gasteiger partial charge in [-0.1, -0.05) is 6.92 Å². The molecule has 1 aromatic carbocycles. The van der Waals surface area contributed by atoms with E-state index in [4.69, 9.17) is 4.42 Å². The van der Waals surface area contributed by atoms with Crippen LogP contribution in [0.4, 0.5) is 5.13 Å². The molecule has 0 bridgehead atoms. The van der Waals surface area contributed by atoms with Gasteiger partial charge in [-0.15, -0.1) is 11.3 Å². The summed E-state index contributed by atoms with van der Waals surface area (Å²) >= 11 is 3.12. The van der Waals surface area contributed by atoms with Crippen LogP contribution in [0.5, 0.6) is 0 Å². The average Bonchev–Trinajstić information content (AvgIpc) is 3.43. The maximum absolute atomic E-state index is 11.9. The van der Waals surface area contributed by atoms with E-state index in [0.29, 0.717) is 10.7 Å². The first-order valence-corrected chi connectivity index (χ1v) is 10.7. The third-order valence-electron chi connectivity index (χ3n) is 3.69. The van der Waals surface area contributed by atoms with Crippen LogP contribution in [0, 0.1) is 0 Å². The zero-order chi connectivity index (χ0) is 19.1. The molecule has 3 heterocycles. The van der Waals surface area contributed by atoms with Gasteiger partial charge < -0.3 is 9.40 Å². The number of anilines is 1. The maximum Gasteiger partial charge on any atom is 0.257 e. The van der Waals surface area contributed by atoms with E-state index in [9.17, 15) is 4.79 Å². The number of hydrogen-bond donors (Lipinski definition) is 2. The molecule has 0 unspecified atom stereocenters. The number of benzene rings is 1. The number of carbonyl (C=O) groups is 1. The van der Waals surface area contributed by atoms with Gasteiger partial charge in [-0.25, -0.2) is 9.97 Å². The van der Waals surface area contributed by atoms with Crippen LogP contribution < -0.4 is 5.32 Å². The van der Waals surface area contributed by atoms with Crippen LogP contribution in [0.25, 0.3) is 10.9 Å². The van der Waals surface area contributed by atoms with Crippen molar-refractivity contribution in [1.29, 1.82) is 0 Å². The summed E-state index contributed by atoms with van der Waals surface area (Å²) in [4.78, 5) is 23.1. The zero-order valence-electron chi connectivity index (χ0n) is 15.1. The highest BCUT2D eigenvalue weighted by molar-refractivity contribution is 7.97. The molecule has 0 aliphatic heterocycles. The quantitative estimate of drug-likeness (QED) is 0.494. The predicted octanol–water partition coefficient (Wildman–Crippen LogP) is 4.98. The smallest absolute Gasteiger partial charge is 0.257 e. The van der Waals surface area contributed by atoms with E-state index in [1.807, 2.05) is 36.0 Å². The van der Waals surface area contributed by atoms with Crippen LogP contribution >= 0.6 is 23.1 Å². The molecule has 1 amide bonds. The Labute approximate surface area is 165 Å². The van der Waals surface area contributed by atoms with Gasteiger partial charge >= 0.3 is 0 Å². The minimum atomic E-state index is -0.136. The Morgan fingerprint density at radius 3 is 2.93 bits per heavy atom. The summed E-state index contributed by atoms with van der Waals surface area (Å²) in [7, 11) is 0. The number of aromatic nitrogens is 3. The Balaban J connectivity index is 0.000000180. The van der Waals surface area contributed by atoms with Gasteiger partial charge in [-0.3, -0.25) is 10.1 Å². The second-order valence-electron chi connectivity index (χ2n) is 5.58. The topological polar surface area (TPSA) is 83.8 Å². The van der Waals surface area contributed by atoms with Crippen molar-refractivity contribution in [2.24, 2.45) is 0 Å². The number of aryl methyl sites for hydroxylation is 1. The number of nitrogens with zero attached hydrogens (tertiary/aromatic N) is 2. The summed E-state index contributed by atoms with van der Waals surface area (Å²) in [6.45, 7) is 2.06. The van der Waals surface area contributed by atoms with Gasteiger partial charge in [0.15, 0.2) is 5.13 Å². The minimum Gasteiger partial charge on any atom is -0.445 e. The van der Waals surface area contributed by atoms with Gasteiger partial charge in [0.2, 0.25) is 5.89 Å². The number of nitrogens with one attached hydrogen (secondary N) is 2. The SMILES string of the molecule is CCc1cnc(CSC)o1.O=C(Nc1nccs1)c1ccc2[nH]ccc2c1. The van der Waals surface area contributed by atoms with Crippen molar-refractivity contribution in [3.63, 3.8) is 0 Å². The van der Waals surface area contributed by atoms with E-state index < -0.39 is 0 Å². The third kappa shape index (κ3) is 5.21. The van der Waals surface area contributed by atoms with Crippen LogP contribution in [-0.2, 0) is 12.2 Å². The van der Waals surface area contributed by atoms with E-state index in [0.717, 1.165) is 34.7 Å². The molecule has 27 heavy (non-hydrogen) atoms. The van der Waals surface area contributed by atoms with Gasteiger partial charge in [0.25, 0.3) is 5.91 Å². The molecule has 0 radical (unpaired) electrons. The molecule has 4 aromatic rings. The van der Waals surface area contributed by atoms with Gasteiger partial charge in [0, 0.05) is 40.7 Å². The molecule has 0 aliphatic rings. The number of rotatable bonds is 5. The number of thiazole rings is 1. The van der Waals surface area contributed by atoms with Crippen molar-refractivity contribution in [2.45, 2.75) is 19.1 Å². The summed E-state index contributed by atoms with van der Waals surface area (Å²) in [5, 5.41) is 6.22. The summed E-state index contributed by atoms with van der Waals surface area (Å²) in [5.74, 6) is 2.55. The monoisotopic (exact) mass is 400 g/mol. The van der Waals surface area contributed by atoms with Crippen LogP contribution in [0.15, 0.2) is 52.7 Å². The molecule has 0 aliphatic carbocycles. The van der Waals surface area contributed by atoms with E-state index in [-0.39, 0.29) is 5.91 Å². The van der Waals surface area contributed by atoms with E-state index in [1.54, 1.807) is 30.2 Å². The lowest BCUT2D eigenvalue weighted by atomic mass is 10.1. The van der Waals surface area contributed by atoms with E-state index in [1.165, 1.54) is 11.3 Å². The molecule has 2 N–H and O–H groups in total. The lowest BCUT2D eigenvalue weighted by Gasteiger charge is -2.01. The molecule has 140 valence electrons. The molecule has 8 heteroatoms. The molecule has 4 rings (SSSR count). The standard InChI is InChI=1S/C12H9N3OS.C7H11NOS/c16-11(15-12-14-5-6-17-12)9-1-2-10-8(7-9)3-4-13-10;1-3-6-4-8-7(9-6)5-10-2/h1-7,13H,(H,14,15,16);4H,3,5H2,1-2H3. The van der Waals surface area contributed by atoms with Gasteiger partial charge in [-0.2, -0.15) is 11.8 Å². The molecule has 0 saturated carbocycles. The molecule has 6 nitrogen and oxygen atoms in total. The molecule has 3 aromatic heterocycles. The molecule has 0 atom stereocenters. The Kier molecular flexibility index (Phi) is 6.67. The Morgan fingerprint density at radius 1 is 1.33 bits per heavy atom. The highest BCUT2D eigenvalue weighted by Gasteiger charge is 2.08. The van der Waals surface area contributed by atoms with Crippen molar-refractivity contribution in [1.82, 2.24) is 15.0 Å². The van der Waals surface area contributed by atoms with E-state index in [2.05, 4.69) is 27.2 Å². The van der Waals surface area contributed by atoms with Gasteiger partial charge in [0.05, 0.1) is 11.9 Å².